The standard InChI is InChI=1S/C13H23N3S/c1-16-8-5-11(6-9-16)12-10-17-13(15-12)4-2-3-7-14/h10-11H,2-9,14H2,1H3. The molecule has 1 aromatic heterocycles. The molecular formula is C13H23N3S. The summed E-state index contributed by atoms with van der Waals surface area (Å²) < 4.78 is 0. The number of nitrogens with two attached hydrogens (primary N) is 1. The molecule has 0 amide bonds. The van der Waals surface area contributed by atoms with Crippen LogP contribution in [-0.2, 0) is 6.42 Å². The van der Waals surface area contributed by atoms with E-state index in [0.717, 1.165) is 19.4 Å². The second kappa shape index (κ2) is 6.47. The molecule has 0 unspecified atom stereocenters. The number of piperidine rings is 1. The highest BCUT2D eigenvalue weighted by Crippen LogP contribution is 2.28. The number of rotatable bonds is 5. The van der Waals surface area contributed by atoms with Gasteiger partial charge in [-0.15, -0.1) is 11.3 Å². The second-order valence-corrected chi connectivity index (χ2v) is 5.93. The van der Waals surface area contributed by atoms with Crippen molar-refractivity contribution < 1.29 is 0 Å². The first-order valence-electron chi connectivity index (χ1n) is 6.62. The lowest BCUT2D eigenvalue weighted by Crippen LogP contribution is -2.29. The van der Waals surface area contributed by atoms with Gasteiger partial charge in [0.15, 0.2) is 0 Å². The summed E-state index contributed by atoms with van der Waals surface area (Å²) in [6.45, 7) is 3.22. The molecule has 1 saturated heterocycles. The van der Waals surface area contributed by atoms with Crippen molar-refractivity contribution in [1.82, 2.24) is 9.88 Å². The van der Waals surface area contributed by atoms with Crippen LogP contribution in [0, 0.1) is 0 Å². The van der Waals surface area contributed by atoms with E-state index in [0.29, 0.717) is 5.92 Å². The lowest BCUT2D eigenvalue weighted by Gasteiger charge is -2.27. The summed E-state index contributed by atoms with van der Waals surface area (Å²) in [4.78, 5) is 7.20. The number of aryl methyl sites for hydroxylation is 1. The number of hydrogen-bond acceptors (Lipinski definition) is 4. The minimum atomic E-state index is 0.700. The first kappa shape index (κ1) is 13.0. The highest BCUT2D eigenvalue weighted by Gasteiger charge is 2.20. The Kier molecular flexibility index (Phi) is 4.95. The molecule has 0 bridgehead atoms. The third-order valence-electron chi connectivity index (χ3n) is 3.55. The van der Waals surface area contributed by atoms with Crippen LogP contribution in [0.1, 0.15) is 42.3 Å². The molecule has 2 N–H and O–H groups in total. The quantitative estimate of drug-likeness (QED) is 0.818. The van der Waals surface area contributed by atoms with E-state index in [1.807, 2.05) is 11.3 Å². The van der Waals surface area contributed by atoms with Crippen LogP contribution in [0.4, 0.5) is 0 Å². The Morgan fingerprint density at radius 3 is 2.88 bits per heavy atom. The van der Waals surface area contributed by atoms with Crippen LogP contribution in [0.5, 0.6) is 0 Å². The molecule has 0 aliphatic carbocycles. The molecule has 17 heavy (non-hydrogen) atoms. The molecule has 4 heteroatoms. The van der Waals surface area contributed by atoms with Crippen LogP contribution < -0.4 is 5.73 Å². The molecule has 0 atom stereocenters. The van der Waals surface area contributed by atoms with Crippen molar-refractivity contribution in [3.63, 3.8) is 0 Å². The van der Waals surface area contributed by atoms with E-state index in [9.17, 15) is 0 Å². The van der Waals surface area contributed by atoms with Crippen LogP contribution in [-0.4, -0.2) is 36.6 Å². The van der Waals surface area contributed by atoms with Gasteiger partial charge < -0.3 is 10.6 Å². The summed E-state index contributed by atoms with van der Waals surface area (Å²) >= 11 is 1.83. The highest BCUT2D eigenvalue weighted by molar-refractivity contribution is 7.09. The first-order chi connectivity index (χ1) is 8.29. The molecule has 2 heterocycles. The second-order valence-electron chi connectivity index (χ2n) is 4.99. The molecule has 1 aromatic rings. The van der Waals surface area contributed by atoms with Gasteiger partial charge in [-0.3, -0.25) is 0 Å². The third-order valence-corrected chi connectivity index (χ3v) is 4.48. The topological polar surface area (TPSA) is 42.1 Å². The van der Waals surface area contributed by atoms with E-state index < -0.39 is 0 Å². The Morgan fingerprint density at radius 2 is 2.18 bits per heavy atom. The fraction of sp³-hybridized carbons (Fsp3) is 0.769. The van der Waals surface area contributed by atoms with E-state index in [1.54, 1.807) is 0 Å². The molecule has 1 aliphatic rings. The molecule has 1 aliphatic heterocycles. The molecule has 0 saturated carbocycles. The molecule has 1 fully saturated rings. The van der Waals surface area contributed by atoms with Gasteiger partial charge in [0.1, 0.15) is 0 Å². The molecule has 0 radical (unpaired) electrons. The van der Waals surface area contributed by atoms with Gasteiger partial charge in [-0.1, -0.05) is 0 Å². The van der Waals surface area contributed by atoms with Gasteiger partial charge in [-0.2, -0.15) is 0 Å². The zero-order chi connectivity index (χ0) is 12.1. The normalized spacial score (nSPS) is 18.7. The largest absolute Gasteiger partial charge is 0.330 e. The average molecular weight is 253 g/mol. The third kappa shape index (κ3) is 3.76. The summed E-state index contributed by atoms with van der Waals surface area (Å²) in [6.07, 6.45) is 5.93. The van der Waals surface area contributed by atoms with Crippen molar-refractivity contribution in [1.29, 1.82) is 0 Å². The average Bonchev–Trinajstić information content (AvgIpc) is 2.79. The predicted molar refractivity (Wildman–Crippen MR) is 73.6 cm³/mol. The fourth-order valence-corrected chi connectivity index (χ4v) is 3.27. The van der Waals surface area contributed by atoms with Gasteiger partial charge in [0.2, 0.25) is 0 Å². The summed E-state index contributed by atoms with van der Waals surface area (Å²) in [5.41, 5.74) is 6.84. The van der Waals surface area contributed by atoms with Gasteiger partial charge in [0.25, 0.3) is 0 Å². The molecular weight excluding hydrogens is 230 g/mol. The number of likely N-dealkylation sites (tertiary alicyclic amines) is 1. The minimum Gasteiger partial charge on any atom is -0.330 e. The van der Waals surface area contributed by atoms with Crippen molar-refractivity contribution in [2.24, 2.45) is 5.73 Å². The van der Waals surface area contributed by atoms with Crippen LogP contribution in [0.15, 0.2) is 5.38 Å². The first-order valence-corrected chi connectivity index (χ1v) is 7.50. The lowest BCUT2D eigenvalue weighted by atomic mass is 9.94. The fourth-order valence-electron chi connectivity index (χ4n) is 2.35. The van der Waals surface area contributed by atoms with Gasteiger partial charge in [-0.05, 0) is 58.8 Å². The van der Waals surface area contributed by atoms with E-state index in [1.165, 1.54) is 43.1 Å². The zero-order valence-electron chi connectivity index (χ0n) is 10.7. The number of nitrogens with zero attached hydrogens (tertiary/aromatic N) is 2. The molecule has 3 nitrogen and oxygen atoms in total. The maximum Gasteiger partial charge on any atom is 0.0928 e. The number of unbranched alkanes of at least 4 members (excludes halogenated alkanes) is 1. The molecule has 0 spiro atoms. The predicted octanol–water partition coefficient (Wildman–Crippen LogP) is 2.23. The summed E-state index contributed by atoms with van der Waals surface area (Å²) in [6, 6.07) is 0. The molecule has 2 rings (SSSR count). The Labute approximate surface area is 108 Å². The van der Waals surface area contributed by atoms with Gasteiger partial charge >= 0.3 is 0 Å². The Bertz CT molecular complexity index is 329. The van der Waals surface area contributed by atoms with E-state index >= 15 is 0 Å². The number of hydrogen-bond donors (Lipinski definition) is 1. The zero-order valence-corrected chi connectivity index (χ0v) is 11.5. The monoisotopic (exact) mass is 253 g/mol. The molecule has 96 valence electrons. The van der Waals surface area contributed by atoms with Crippen LogP contribution in [0.25, 0.3) is 0 Å². The van der Waals surface area contributed by atoms with Crippen molar-refractivity contribution in [2.45, 2.75) is 38.0 Å². The van der Waals surface area contributed by atoms with Crippen molar-refractivity contribution >= 4 is 11.3 Å². The smallest absolute Gasteiger partial charge is 0.0928 e. The minimum absolute atomic E-state index is 0.700. The van der Waals surface area contributed by atoms with E-state index in [4.69, 9.17) is 10.7 Å². The van der Waals surface area contributed by atoms with Gasteiger partial charge in [0, 0.05) is 11.3 Å². The summed E-state index contributed by atoms with van der Waals surface area (Å²) in [5.74, 6) is 0.700. The van der Waals surface area contributed by atoms with Gasteiger partial charge in [0.05, 0.1) is 10.7 Å². The van der Waals surface area contributed by atoms with E-state index in [-0.39, 0.29) is 0 Å². The van der Waals surface area contributed by atoms with Crippen molar-refractivity contribution in [3.8, 4) is 0 Å². The number of thiazole rings is 1. The summed E-state index contributed by atoms with van der Waals surface area (Å²) in [7, 11) is 2.20. The maximum absolute atomic E-state index is 5.51. The molecule has 0 aromatic carbocycles. The Hall–Kier alpha value is -0.450. The number of aromatic nitrogens is 1. The SMILES string of the molecule is CN1CCC(c2csc(CCCCN)n2)CC1. The van der Waals surface area contributed by atoms with Gasteiger partial charge in [-0.25, -0.2) is 4.98 Å². The Morgan fingerprint density at radius 1 is 1.41 bits per heavy atom. The van der Waals surface area contributed by atoms with Crippen LogP contribution in [0.2, 0.25) is 0 Å². The lowest BCUT2D eigenvalue weighted by molar-refractivity contribution is 0.253. The van der Waals surface area contributed by atoms with Crippen molar-refractivity contribution in [2.75, 3.05) is 26.7 Å². The van der Waals surface area contributed by atoms with Crippen LogP contribution >= 0.6 is 11.3 Å². The Balaban J connectivity index is 1.85. The highest BCUT2D eigenvalue weighted by atomic mass is 32.1. The maximum atomic E-state index is 5.51. The van der Waals surface area contributed by atoms with E-state index in [2.05, 4.69) is 17.3 Å². The van der Waals surface area contributed by atoms with Crippen LogP contribution in [0.3, 0.4) is 0 Å². The summed E-state index contributed by atoms with van der Waals surface area (Å²) in [5, 5.41) is 3.57. The van der Waals surface area contributed by atoms with Crippen molar-refractivity contribution in [3.05, 3.63) is 16.1 Å².